The second-order valence-electron chi connectivity index (χ2n) is 7.96. The number of esters is 1. The number of amides is 2. The van der Waals surface area contributed by atoms with Crippen LogP contribution in [-0.2, 0) is 24.3 Å². The van der Waals surface area contributed by atoms with Gasteiger partial charge in [0.1, 0.15) is 0 Å². The molecule has 2 amide bonds. The van der Waals surface area contributed by atoms with E-state index in [0.717, 1.165) is 12.8 Å². The summed E-state index contributed by atoms with van der Waals surface area (Å²) in [6.07, 6.45) is 1.88. The van der Waals surface area contributed by atoms with Crippen LogP contribution < -0.4 is 10.6 Å². The van der Waals surface area contributed by atoms with E-state index in [1.165, 1.54) is 28.6 Å². The summed E-state index contributed by atoms with van der Waals surface area (Å²) in [6, 6.07) is 12.1. The molecule has 4 rings (SSSR count). The minimum absolute atomic E-state index is 0.0600. The number of nitrogens with zero attached hydrogens (tertiary/aromatic N) is 1. The lowest BCUT2D eigenvalue weighted by Crippen LogP contribution is -2.40. The molecule has 0 radical (unpaired) electrons. The maximum atomic E-state index is 12.7. The van der Waals surface area contributed by atoms with Crippen LogP contribution in [0.3, 0.4) is 0 Å². The van der Waals surface area contributed by atoms with E-state index in [9.17, 15) is 22.8 Å². The van der Waals surface area contributed by atoms with E-state index in [2.05, 4.69) is 10.6 Å². The molecule has 1 saturated heterocycles. The topological polar surface area (TPSA) is 131 Å². The zero-order chi connectivity index (χ0) is 24.1. The van der Waals surface area contributed by atoms with Crippen molar-refractivity contribution >= 4 is 33.5 Å². The SMILES string of the molecule is O=C(COC(=O)c1ccc(S(=O)(=O)N2CCOCC2)cc1)Nc1ccccc1C(=O)NC1CC1. The summed E-state index contributed by atoms with van der Waals surface area (Å²) in [4.78, 5) is 37.0. The fourth-order valence-corrected chi connectivity index (χ4v) is 4.79. The molecule has 1 aliphatic heterocycles. The number of hydrogen-bond donors (Lipinski definition) is 2. The molecule has 2 fully saturated rings. The van der Waals surface area contributed by atoms with Gasteiger partial charge in [-0.05, 0) is 49.2 Å². The fourth-order valence-electron chi connectivity index (χ4n) is 3.38. The van der Waals surface area contributed by atoms with Crippen LogP contribution in [0.1, 0.15) is 33.6 Å². The molecule has 0 unspecified atom stereocenters. The summed E-state index contributed by atoms with van der Waals surface area (Å²) in [7, 11) is -3.68. The van der Waals surface area contributed by atoms with Crippen molar-refractivity contribution in [3.05, 3.63) is 59.7 Å². The van der Waals surface area contributed by atoms with Crippen molar-refractivity contribution in [2.75, 3.05) is 38.2 Å². The number of rotatable bonds is 8. The van der Waals surface area contributed by atoms with Gasteiger partial charge >= 0.3 is 5.97 Å². The number of nitrogens with one attached hydrogen (secondary N) is 2. The smallest absolute Gasteiger partial charge is 0.338 e. The van der Waals surface area contributed by atoms with Crippen molar-refractivity contribution < 1.29 is 32.3 Å². The molecule has 0 atom stereocenters. The Morgan fingerprint density at radius 2 is 1.68 bits per heavy atom. The van der Waals surface area contributed by atoms with Gasteiger partial charge in [0.05, 0.1) is 34.9 Å². The highest BCUT2D eigenvalue weighted by atomic mass is 32.2. The van der Waals surface area contributed by atoms with E-state index in [-0.39, 0.29) is 35.5 Å². The monoisotopic (exact) mass is 487 g/mol. The Labute approximate surface area is 197 Å². The minimum Gasteiger partial charge on any atom is -0.452 e. The predicted molar refractivity (Wildman–Crippen MR) is 122 cm³/mol. The molecule has 1 saturated carbocycles. The molecule has 34 heavy (non-hydrogen) atoms. The highest BCUT2D eigenvalue weighted by molar-refractivity contribution is 7.89. The lowest BCUT2D eigenvalue weighted by atomic mass is 10.1. The molecule has 11 heteroatoms. The average Bonchev–Trinajstić information content (AvgIpc) is 3.67. The molecular formula is C23H25N3O7S. The lowest BCUT2D eigenvalue weighted by molar-refractivity contribution is -0.119. The van der Waals surface area contributed by atoms with Crippen molar-refractivity contribution in [3.8, 4) is 0 Å². The van der Waals surface area contributed by atoms with Gasteiger partial charge in [-0.15, -0.1) is 0 Å². The third-order valence-electron chi connectivity index (χ3n) is 5.39. The average molecular weight is 488 g/mol. The number of benzene rings is 2. The van der Waals surface area contributed by atoms with Crippen LogP contribution in [0.5, 0.6) is 0 Å². The zero-order valence-corrected chi connectivity index (χ0v) is 19.2. The molecule has 0 bridgehead atoms. The molecule has 2 aliphatic rings. The Morgan fingerprint density at radius 3 is 2.35 bits per heavy atom. The van der Waals surface area contributed by atoms with Crippen LogP contribution in [-0.4, -0.2) is 69.5 Å². The summed E-state index contributed by atoms with van der Waals surface area (Å²) < 4.78 is 36.9. The molecule has 2 N–H and O–H groups in total. The quantitative estimate of drug-likeness (QED) is 0.538. The molecular weight excluding hydrogens is 462 g/mol. The Morgan fingerprint density at radius 1 is 1.00 bits per heavy atom. The van der Waals surface area contributed by atoms with Crippen molar-refractivity contribution in [1.82, 2.24) is 9.62 Å². The number of carbonyl (C=O) groups excluding carboxylic acids is 3. The third kappa shape index (κ3) is 5.79. The van der Waals surface area contributed by atoms with Crippen molar-refractivity contribution in [2.24, 2.45) is 0 Å². The number of anilines is 1. The summed E-state index contributed by atoms with van der Waals surface area (Å²) in [5.74, 6) is -1.65. The highest BCUT2D eigenvalue weighted by Gasteiger charge is 2.27. The number of sulfonamides is 1. The van der Waals surface area contributed by atoms with Gasteiger partial charge in [-0.2, -0.15) is 4.31 Å². The maximum absolute atomic E-state index is 12.7. The number of morpholine rings is 1. The standard InChI is InChI=1S/C23H25N3O7S/c27-21(25-20-4-2-1-3-19(20)22(28)24-17-7-8-17)15-33-23(29)16-5-9-18(10-6-16)34(30,31)26-11-13-32-14-12-26/h1-6,9-10,17H,7-8,11-15H2,(H,24,28)(H,25,27). The first-order valence-electron chi connectivity index (χ1n) is 10.9. The van der Waals surface area contributed by atoms with E-state index in [0.29, 0.717) is 24.5 Å². The van der Waals surface area contributed by atoms with Crippen LogP contribution in [0.2, 0.25) is 0 Å². The van der Waals surface area contributed by atoms with E-state index in [4.69, 9.17) is 9.47 Å². The van der Waals surface area contributed by atoms with E-state index < -0.39 is 28.5 Å². The second-order valence-corrected chi connectivity index (χ2v) is 9.90. The first kappa shape index (κ1) is 23.9. The van der Waals surface area contributed by atoms with E-state index >= 15 is 0 Å². The Kier molecular flexibility index (Phi) is 7.25. The van der Waals surface area contributed by atoms with Gasteiger partial charge in [-0.3, -0.25) is 9.59 Å². The number of carbonyl (C=O) groups is 3. The molecule has 1 aliphatic carbocycles. The zero-order valence-electron chi connectivity index (χ0n) is 18.4. The Bertz CT molecular complexity index is 1170. The first-order chi connectivity index (χ1) is 16.3. The maximum Gasteiger partial charge on any atom is 0.338 e. The van der Waals surface area contributed by atoms with Crippen LogP contribution in [0.15, 0.2) is 53.4 Å². The first-order valence-corrected chi connectivity index (χ1v) is 12.3. The number of para-hydroxylation sites is 1. The predicted octanol–water partition coefficient (Wildman–Crippen LogP) is 1.40. The summed E-state index contributed by atoms with van der Waals surface area (Å²) in [5, 5.41) is 5.45. The summed E-state index contributed by atoms with van der Waals surface area (Å²) in [6.45, 7) is 0.646. The Hall–Kier alpha value is -3.28. The molecule has 180 valence electrons. The van der Waals surface area contributed by atoms with Crippen LogP contribution in [0, 0.1) is 0 Å². The van der Waals surface area contributed by atoms with Gasteiger partial charge < -0.3 is 20.1 Å². The lowest BCUT2D eigenvalue weighted by Gasteiger charge is -2.26. The van der Waals surface area contributed by atoms with Crippen LogP contribution in [0.25, 0.3) is 0 Å². The molecule has 0 aromatic heterocycles. The number of hydrogen-bond acceptors (Lipinski definition) is 7. The molecule has 2 aromatic carbocycles. The van der Waals surface area contributed by atoms with Gasteiger partial charge in [0.25, 0.3) is 11.8 Å². The van der Waals surface area contributed by atoms with Gasteiger partial charge in [0.15, 0.2) is 6.61 Å². The molecule has 2 aromatic rings. The largest absolute Gasteiger partial charge is 0.452 e. The minimum atomic E-state index is -3.68. The van der Waals surface area contributed by atoms with Gasteiger partial charge in [0.2, 0.25) is 10.0 Å². The second kappa shape index (κ2) is 10.3. The number of ether oxygens (including phenoxy) is 2. The third-order valence-corrected chi connectivity index (χ3v) is 7.30. The molecule has 10 nitrogen and oxygen atoms in total. The molecule has 1 heterocycles. The van der Waals surface area contributed by atoms with Crippen LogP contribution >= 0.6 is 0 Å². The van der Waals surface area contributed by atoms with Gasteiger partial charge in [-0.25, -0.2) is 13.2 Å². The van der Waals surface area contributed by atoms with Crippen molar-refractivity contribution in [2.45, 2.75) is 23.8 Å². The fraction of sp³-hybridized carbons (Fsp3) is 0.348. The Balaban J connectivity index is 1.32. The highest BCUT2D eigenvalue weighted by Crippen LogP contribution is 2.22. The van der Waals surface area contributed by atoms with Crippen molar-refractivity contribution in [1.29, 1.82) is 0 Å². The summed E-state index contributed by atoms with van der Waals surface area (Å²) >= 11 is 0. The normalized spacial score (nSPS) is 16.5. The van der Waals surface area contributed by atoms with Crippen LogP contribution in [0.4, 0.5) is 5.69 Å². The van der Waals surface area contributed by atoms with Gasteiger partial charge in [-0.1, -0.05) is 12.1 Å². The van der Waals surface area contributed by atoms with Crippen molar-refractivity contribution in [3.63, 3.8) is 0 Å². The van der Waals surface area contributed by atoms with Gasteiger partial charge in [0, 0.05) is 19.1 Å². The van der Waals surface area contributed by atoms with E-state index in [1.807, 2.05) is 0 Å². The van der Waals surface area contributed by atoms with E-state index in [1.54, 1.807) is 24.3 Å². The summed E-state index contributed by atoms with van der Waals surface area (Å²) in [5.41, 5.74) is 0.753. The molecule has 0 spiro atoms.